The Kier molecular flexibility index (Phi) is 3.51. The molecule has 1 fully saturated rings. The summed E-state index contributed by atoms with van der Waals surface area (Å²) in [6.45, 7) is 6.23. The van der Waals surface area contributed by atoms with Crippen LogP contribution in [0.25, 0.3) is 0 Å². The van der Waals surface area contributed by atoms with E-state index in [2.05, 4.69) is 28.9 Å². The summed E-state index contributed by atoms with van der Waals surface area (Å²) in [5, 5.41) is 17.5. The molecule has 1 aliphatic rings. The molecular formula is C11H15N3O2S. The maximum absolute atomic E-state index is 10.7. The van der Waals surface area contributed by atoms with Crippen LogP contribution in [0.5, 0.6) is 0 Å². The highest BCUT2D eigenvalue weighted by Gasteiger charge is 2.23. The van der Waals surface area contributed by atoms with Crippen molar-refractivity contribution in [2.24, 2.45) is 0 Å². The van der Waals surface area contributed by atoms with Gasteiger partial charge in [-0.1, -0.05) is 13.8 Å². The molecule has 0 spiro atoms. The van der Waals surface area contributed by atoms with E-state index >= 15 is 0 Å². The predicted molar refractivity (Wildman–Crippen MR) is 67.7 cm³/mol. The summed E-state index contributed by atoms with van der Waals surface area (Å²) in [7, 11) is 0. The lowest BCUT2D eigenvalue weighted by atomic mass is 10.3. The second-order valence-corrected chi connectivity index (χ2v) is 6.13. The van der Waals surface area contributed by atoms with Crippen LogP contribution in [0, 0.1) is 0 Å². The Morgan fingerprint density at radius 2 is 2.00 bits per heavy atom. The van der Waals surface area contributed by atoms with Crippen LogP contribution in [0.1, 0.15) is 24.3 Å². The molecule has 0 aliphatic carbocycles. The smallest absolute Gasteiger partial charge is 0.356 e. The maximum Gasteiger partial charge on any atom is 0.356 e. The van der Waals surface area contributed by atoms with Crippen molar-refractivity contribution in [1.82, 2.24) is 10.2 Å². The van der Waals surface area contributed by atoms with E-state index in [1.165, 1.54) is 6.07 Å². The fourth-order valence-electron chi connectivity index (χ4n) is 1.97. The third-order valence-electron chi connectivity index (χ3n) is 2.61. The molecule has 0 bridgehead atoms. The lowest BCUT2D eigenvalue weighted by Crippen LogP contribution is -2.41. The Bertz CT molecular complexity index is 400. The third kappa shape index (κ3) is 2.88. The Morgan fingerprint density at radius 3 is 2.47 bits per heavy atom. The van der Waals surface area contributed by atoms with E-state index in [4.69, 9.17) is 5.11 Å². The summed E-state index contributed by atoms with van der Waals surface area (Å²) in [4.78, 5) is 12.8. The van der Waals surface area contributed by atoms with Crippen molar-refractivity contribution < 1.29 is 9.90 Å². The average molecular weight is 253 g/mol. The summed E-state index contributed by atoms with van der Waals surface area (Å²) in [5.41, 5.74) is -0.0127. The average Bonchev–Trinajstić information content (AvgIpc) is 2.28. The highest BCUT2D eigenvalue weighted by Crippen LogP contribution is 2.27. The summed E-state index contributed by atoms with van der Waals surface area (Å²) in [6, 6.07) is 3.23. The van der Waals surface area contributed by atoms with Crippen molar-refractivity contribution in [3.8, 4) is 0 Å². The molecule has 2 atom stereocenters. The SMILES string of the molecule is CC1CN(c2ccc(C(=O)O)nn2)CC(C)S1. The number of nitrogens with zero attached hydrogens (tertiary/aromatic N) is 3. The van der Waals surface area contributed by atoms with Crippen molar-refractivity contribution in [2.75, 3.05) is 18.0 Å². The zero-order valence-electron chi connectivity index (χ0n) is 9.83. The summed E-state index contributed by atoms with van der Waals surface area (Å²) < 4.78 is 0. The van der Waals surface area contributed by atoms with Crippen LogP contribution in [0.4, 0.5) is 5.82 Å². The molecule has 1 N–H and O–H groups in total. The second kappa shape index (κ2) is 4.91. The highest BCUT2D eigenvalue weighted by molar-refractivity contribution is 8.00. The molecule has 0 radical (unpaired) electrons. The van der Waals surface area contributed by atoms with E-state index in [9.17, 15) is 4.79 Å². The van der Waals surface area contributed by atoms with Gasteiger partial charge in [-0.2, -0.15) is 11.8 Å². The number of hydrogen-bond donors (Lipinski definition) is 1. The zero-order chi connectivity index (χ0) is 12.4. The summed E-state index contributed by atoms with van der Waals surface area (Å²) in [5.74, 6) is -0.283. The number of carboxylic acids is 1. The van der Waals surface area contributed by atoms with Gasteiger partial charge in [-0.15, -0.1) is 10.2 Å². The van der Waals surface area contributed by atoms with E-state index in [-0.39, 0.29) is 5.69 Å². The molecule has 0 amide bonds. The Hall–Kier alpha value is -1.30. The van der Waals surface area contributed by atoms with E-state index < -0.39 is 5.97 Å². The van der Waals surface area contributed by atoms with Gasteiger partial charge in [-0.05, 0) is 12.1 Å². The molecule has 1 saturated heterocycles. The predicted octanol–water partition coefficient (Wildman–Crippen LogP) is 1.50. The first-order valence-electron chi connectivity index (χ1n) is 5.53. The number of anilines is 1. The number of aromatic carboxylic acids is 1. The lowest BCUT2D eigenvalue weighted by Gasteiger charge is -2.35. The Morgan fingerprint density at radius 1 is 1.35 bits per heavy atom. The molecule has 2 rings (SSSR count). The second-order valence-electron chi connectivity index (χ2n) is 4.24. The van der Waals surface area contributed by atoms with Crippen molar-refractivity contribution in [1.29, 1.82) is 0 Å². The molecule has 0 aromatic carbocycles. The molecular weight excluding hydrogens is 238 g/mol. The Balaban J connectivity index is 2.14. The fraction of sp³-hybridized carbons (Fsp3) is 0.545. The van der Waals surface area contributed by atoms with Gasteiger partial charge in [0.1, 0.15) is 0 Å². The summed E-state index contributed by atoms with van der Waals surface area (Å²) >= 11 is 1.96. The largest absolute Gasteiger partial charge is 0.476 e. The molecule has 6 heteroatoms. The topological polar surface area (TPSA) is 66.3 Å². The van der Waals surface area contributed by atoms with E-state index in [1.54, 1.807) is 6.07 Å². The van der Waals surface area contributed by atoms with Crippen LogP contribution in [-0.4, -0.2) is 44.9 Å². The van der Waals surface area contributed by atoms with Crippen LogP contribution in [0.2, 0.25) is 0 Å². The normalized spacial score (nSPS) is 24.7. The molecule has 1 aromatic heterocycles. The molecule has 1 aromatic rings. The van der Waals surface area contributed by atoms with E-state index in [1.807, 2.05) is 11.8 Å². The minimum absolute atomic E-state index is 0.0127. The van der Waals surface area contributed by atoms with Gasteiger partial charge in [-0.3, -0.25) is 0 Å². The molecule has 5 nitrogen and oxygen atoms in total. The van der Waals surface area contributed by atoms with Gasteiger partial charge in [0, 0.05) is 23.6 Å². The van der Waals surface area contributed by atoms with E-state index in [0.717, 1.165) is 18.9 Å². The standard InChI is InChI=1S/C11H15N3O2S/c1-7-5-14(6-8(2)17-7)10-4-3-9(11(15)16)12-13-10/h3-4,7-8H,5-6H2,1-2H3,(H,15,16). The molecule has 0 saturated carbocycles. The van der Waals surface area contributed by atoms with Gasteiger partial charge >= 0.3 is 5.97 Å². The van der Waals surface area contributed by atoms with Crippen LogP contribution >= 0.6 is 11.8 Å². The first-order valence-corrected chi connectivity index (χ1v) is 6.48. The van der Waals surface area contributed by atoms with Gasteiger partial charge in [-0.25, -0.2) is 4.79 Å². The fourth-order valence-corrected chi connectivity index (χ4v) is 3.30. The van der Waals surface area contributed by atoms with Crippen molar-refractivity contribution >= 4 is 23.5 Å². The summed E-state index contributed by atoms with van der Waals surface area (Å²) in [6.07, 6.45) is 0. The highest BCUT2D eigenvalue weighted by atomic mass is 32.2. The van der Waals surface area contributed by atoms with Crippen molar-refractivity contribution in [2.45, 2.75) is 24.3 Å². The van der Waals surface area contributed by atoms with Crippen LogP contribution in [-0.2, 0) is 0 Å². The number of carbonyl (C=O) groups is 1. The lowest BCUT2D eigenvalue weighted by molar-refractivity contribution is 0.0689. The quantitative estimate of drug-likeness (QED) is 0.861. The monoisotopic (exact) mass is 253 g/mol. The van der Waals surface area contributed by atoms with Crippen molar-refractivity contribution in [3.63, 3.8) is 0 Å². The minimum atomic E-state index is -1.04. The van der Waals surface area contributed by atoms with Gasteiger partial charge in [0.25, 0.3) is 0 Å². The van der Waals surface area contributed by atoms with Crippen LogP contribution < -0.4 is 4.90 Å². The maximum atomic E-state index is 10.7. The van der Waals surface area contributed by atoms with Crippen LogP contribution in [0.15, 0.2) is 12.1 Å². The van der Waals surface area contributed by atoms with Gasteiger partial charge in [0.05, 0.1) is 0 Å². The zero-order valence-corrected chi connectivity index (χ0v) is 10.6. The van der Waals surface area contributed by atoms with E-state index in [0.29, 0.717) is 10.5 Å². The molecule has 92 valence electrons. The number of rotatable bonds is 2. The number of hydrogen-bond acceptors (Lipinski definition) is 5. The van der Waals surface area contributed by atoms with Gasteiger partial charge in [0.15, 0.2) is 11.5 Å². The first-order chi connectivity index (χ1) is 8.06. The van der Waals surface area contributed by atoms with Crippen LogP contribution in [0.3, 0.4) is 0 Å². The number of aromatic nitrogens is 2. The van der Waals surface area contributed by atoms with Gasteiger partial charge in [0.2, 0.25) is 0 Å². The number of thioether (sulfide) groups is 1. The number of carboxylic acid groups (broad SMARTS) is 1. The van der Waals surface area contributed by atoms with Crippen molar-refractivity contribution in [3.05, 3.63) is 17.8 Å². The molecule has 1 aliphatic heterocycles. The Labute approximate surface area is 104 Å². The third-order valence-corrected chi connectivity index (χ3v) is 3.84. The molecule has 2 unspecified atom stereocenters. The molecule has 2 heterocycles. The first kappa shape index (κ1) is 12.2. The minimum Gasteiger partial charge on any atom is -0.476 e. The van der Waals surface area contributed by atoms with Gasteiger partial charge < -0.3 is 10.0 Å². The molecule has 17 heavy (non-hydrogen) atoms.